The molecule has 0 aliphatic heterocycles. The Kier molecular flexibility index (Phi) is 4.95. The number of anilines is 1. The number of esters is 1. The lowest BCUT2D eigenvalue weighted by Gasteiger charge is -2.10. The average Bonchev–Trinajstić information content (AvgIpc) is 2.49. The lowest BCUT2D eigenvalue weighted by molar-refractivity contribution is 0.0600. The second kappa shape index (κ2) is 6.71. The number of benzene rings is 2. The van der Waals surface area contributed by atoms with E-state index in [1.54, 1.807) is 30.3 Å². The maximum Gasteiger partial charge on any atom is 0.337 e. The quantitative estimate of drug-likeness (QED) is 0.638. The van der Waals surface area contributed by atoms with Crippen molar-refractivity contribution in [2.45, 2.75) is 6.92 Å². The summed E-state index contributed by atoms with van der Waals surface area (Å²) < 4.78 is 5.74. The number of hydrogen-bond acceptors (Lipinski definition) is 3. The molecule has 2 rings (SSSR count). The molecule has 108 valence electrons. The Labute approximate surface area is 136 Å². The fourth-order valence-corrected chi connectivity index (χ4v) is 2.16. The van der Waals surface area contributed by atoms with Crippen LogP contribution in [0.2, 0.25) is 0 Å². The Bertz CT molecular complexity index is 680. The number of hydrogen-bond donors (Lipinski definition) is 1. The maximum absolute atomic E-state index is 12.2. The number of carbonyl (C=O) groups is 2. The first kappa shape index (κ1) is 15.5. The fourth-order valence-electron chi connectivity index (χ4n) is 1.80. The molecule has 1 N–H and O–H groups in total. The van der Waals surface area contributed by atoms with E-state index >= 15 is 0 Å². The third-order valence-corrected chi connectivity index (χ3v) is 3.73. The van der Waals surface area contributed by atoms with Crippen molar-refractivity contribution in [1.29, 1.82) is 0 Å². The number of rotatable bonds is 3. The zero-order valence-electron chi connectivity index (χ0n) is 11.6. The highest BCUT2D eigenvalue weighted by Gasteiger charge is 2.11. The van der Waals surface area contributed by atoms with Crippen molar-refractivity contribution in [2.24, 2.45) is 0 Å². The Morgan fingerprint density at radius 3 is 2.29 bits per heavy atom. The van der Waals surface area contributed by atoms with Crippen LogP contribution in [-0.2, 0) is 4.74 Å². The van der Waals surface area contributed by atoms with Gasteiger partial charge < -0.3 is 10.1 Å². The van der Waals surface area contributed by atoms with E-state index in [4.69, 9.17) is 0 Å². The number of methoxy groups -OCH3 is 1. The first-order valence-electron chi connectivity index (χ1n) is 6.27. The summed E-state index contributed by atoms with van der Waals surface area (Å²) >= 11 is 2.18. The molecule has 5 heteroatoms. The molecule has 0 radical (unpaired) electrons. The highest BCUT2D eigenvalue weighted by atomic mass is 127. The lowest BCUT2D eigenvalue weighted by atomic mass is 10.1. The minimum Gasteiger partial charge on any atom is -0.465 e. The Balaban J connectivity index is 2.24. The molecule has 0 aliphatic carbocycles. The van der Waals surface area contributed by atoms with Crippen LogP contribution in [0.3, 0.4) is 0 Å². The molecule has 0 atom stereocenters. The van der Waals surface area contributed by atoms with E-state index in [9.17, 15) is 9.59 Å². The largest absolute Gasteiger partial charge is 0.465 e. The number of aryl methyl sites for hydroxylation is 1. The van der Waals surface area contributed by atoms with Gasteiger partial charge >= 0.3 is 5.97 Å². The zero-order valence-corrected chi connectivity index (χ0v) is 13.8. The normalized spacial score (nSPS) is 10.0. The van der Waals surface area contributed by atoms with E-state index in [2.05, 4.69) is 32.6 Å². The van der Waals surface area contributed by atoms with Gasteiger partial charge in [0.1, 0.15) is 0 Å². The average molecular weight is 395 g/mol. The highest BCUT2D eigenvalue weighted by molar-refractivity contribution is 14.1. The van der Waals surface area contributed by atoms with Gasteiger partial charge in [0.2, 0.25) is 0 Å². The van der Waals surface area contributed by atoms with Gasteiger partial charge in [-0.25, -0.2) is 4.79 Å². The van der Waals surface area contributed by atoms with Crippen LogP contribution in [0, 0.1) is 10.5 Å². The van der Waals surface area contributed by atoms with Gasteiger partial charge in [-0.2, -0.15) is 0 Å². The Morgan fingerprint density at radius 2 is 1.67 bits per heavy atom. The molecule has 0 fully saturated rings. The summed E-state index contributed by atoms with van der Waals surface area (Å²) in [5.74, 6) is -0.642. The van der Waals surface area contributed by atoms with Crippen LogP contribution in [0.4, 0.5) is 5.69 Å². The highest BCUT2D eigenvalue weighted by Crippen LogP contribution is 2.19. The molecule has 0 unspecified atom stereocenters. The number of amides is 1. The van der Waals surface area contributed by atoms with Crippen LogP contribution in [0.15, 0.2) is 42.5 Å². The van der Waals surface area contributed by atoms with Crippen LogP contribution >= 0.6 is 22.6 Å². The molecule has 4 nitrogen and oxygen atoms in total. The fraction of sp³-hybridized carbons (Fsp3) is 0.125. The number of ether oxygens (including phenoxy) is 1. The minimum absolute atomic E-state index is 0.212. The predicted molar refractivity (Wildman–Crippen MR) is 89.6 cm³/mol. The van der Waals surface area contributed by atoms with E-state index < -0.39 is 5.97 Å². The van der Waals surface area contributed by atoms with E-state index in [0.717, 1.165) is 9.13 Å². The van der Waals surface area contributed by atoms with Gasteiger partial charge in [-0.15, -0.1) is 0 Å². The third kappa shape index (κ3) is 3.81. The molecule has 0 aliphatic rings. The van der Waals surface area contributed by atoms with Crippen LogP contribution < -0.4 is 5.32 Å². The first-order chi connectivity index (χ1) is 10.0. The summed E-state index contributed by atoms with van der Waals surface area (Å²) in [6, 6.07) is 12.3. The third-order valence-electron chi connectivity index (χ3n) is 3.01. The summed E-state index contributed by atoms with van der Waals surface area (Å²) in [6.07, 6.45) is 0. The van der Waals surface area contributed by atoms with Crippen molar-refractivity contribution >= 4 is 40.2 Å². The maximum atomic E-state index is 12.2. The molecule has 0 saturated heterocycles. The van der Waals surface area contributed by atoms with Gasteiger partial charge in [-0.3, -0.25) is 4.79 Å². The van der Waals surface area contributed by atoms with Gasteiger partial charge in [0.15, 0.2) is 0 Å². The van der Waals surface area contributed by atoms with E-state index in [1.807, 2.05) is 19.1 Å². The van der Waals surface area contributed by atoms with E-state index in [-0.39, 0.29) is 5.91 Å². The predicted octanol–water partition coefficient (Wildman–Crippen LogP) is 3.64. The zero-order chi connectivity index (χ0) is 15.4. The molecule has 0 heterocycles. The Hall–Kier alpha value is -1.89. The topological polar surface area (TPSA) is 55.4 Å². The first-order valence-corrected chi connectivity index (χ1v) is 7.35. The van der Waals surface area contributed by atoms with Crippen molar-refractivity contribution in [3.63, 3.8) is 0 Å². The van der Waals surface area contributed by atoms with Crippen molar-refractivity contribution in [3.05, 3.63) is 62.7 Å². The molecular weight excluding hydrogens is 381 g/mol. The van der Waals surface area contributed by atoms with E-state index in [0.29, 0.717) is 16.8 Å². The molecule has 2 aromatic carbocycles. The van der Waals surface area contributed by atoms with Gasteiger partial charge in [-0.05, 0) is 71.5 Å². The molecule has 0 aromatic heterocycles. The number of carbonyl (C=O) groups excluding carboxylic acids is 2. The van der Waals surface area contributed by atoms with E-state index in [1.165, 1.54) is 7.11 Å². The van der Waals surface area contributed by atoms with Gasteiger partial charge in [0, 0.05) is 14.8 Å². The van der Waals surface area contributed by atoms with Gasteiger partial charge in [0.25, 0.3) is 5.91 Å². The molecule has 0 spiro atoms. The van der Waals surface area contributed by atoms with Crippen molar-refractivity contribution in [3.8, 4) is 0 Å². The van der Waals surface area contributed by atoms with Crippen molar-refractivity contribution < 1.29 is 14.3 Å². The molecule has 2 aromatic rings. The van der Waals surface area contributed by atoms with Gasteiger partial charge in [-0.1, -0.05) is 6.07 Å². The molecule has 0 bridgehead atoms. The minimum atomic E-state index is -0.431. The standard InChI is InChI=1S/C16H14INO3/c1-10-3-4-12(16(20)21-2)9-14(10)18-15(19)11-5-7-13(17)8-6-11/h3-9H,1-2H3,(H,18,19). The summed E-state index contributed by atoms with van der Waals surface area (Å²) in [5.41, 5.74) is 2.45. The lowest BCUT2D eigenvalue weighted by Crippen LogP contribution is -2.13. The van der Waals surface area contributed by atoms with Gasteiger partial charge in [0.05, 0.1) is 12.7 Å². The van der Waals surface area contributed by atoms with Crippen molar-refractivity contribution in [1.82, 2.24) is 0 Å². The summed E-state index contributed by atoms with van der Waals surface area (Å²) in [7, 11) is 1.33. The molecule has 0 saturated carbocycles. The Morgan fingerprint density at radius 1 is 1.05 bits per heavy atom. The summed E-state index contributed by atoms with van der Waals surface area (Å²) in [5, 5.41) is 2.82. The van der Waals surface area contributed by atoms with Crippen LogP contribution in [0.25, 0.3) is 0 Å². The summed E-state index contributed by atoms with van der Waals surface area (Å²) in [6.45, 7) is 1.87. The summed E-state index contributed by atoms with van der Waals surface area (Å²) in [4.78, 5) is 23.7. The number of nitrogens with one attached hydrogen (secondary N) is 1. The molecular formula is C16H14INO3. The smallest absolute Gasteiger partial charge is 0.337 e. The van der Waals surface area contributed by atoms with Crippen molar-refractivity contribution in [2.75, 3.05) is 12.4 Å². The second-order valence-electron chi connectivity index (χ2n) is 4.48. The van der Waals surface area contributed by atoms with Crippen LogP contribution in [0.1, 0.15) is 26.3 Å². The number of halogens is 1. The monoisotopic (exact) mass is 395 g/mol. The SMILES string of the molecule is COC(=O)c1ccc(C)c(NC(=O)c2ccc(I)cc2)c1. The van der Waals surface area contributed by atoms with Crippen LogP contribution in [-0.4, -0.2) is 19.0 Å². The second-order valence-corrected chi connectivity index (χ2v) is 5.73. The molecule has 21 heavy (non-hydrogen) atoms. The molecule has 1 amide bonds. The van der Waals surface area contributed by atoms with Crippen LogP contribution in [0.5, 0.6) is 0 Å².